The lowest BCUT2D eigenvalue weighted by Crippen LogP contribution is -2.51. The average molecular weight is 554 g/mol. The van der Waals surface area contributed by atoms with E-state index in [9.17, 15) is 17.4 Å². The summed E-state index contributed by atoms with van der Waals surface area (Å²) in [4.78, 5) is 11.4. The van der Waals surface area contributed by atoms with Gasteiger partial charge in [-0.1, -0.05) is 30.3 Å². The second kappa shape index (κ2) is 9.42. The first-order valence-electron chi connectivity index (χ1n) is 10.8. The van der Waals surface area contributed by atoms with Gasteiger partial charge in [0.2, 0.25) is 0 Å². The van der Waals surface area contributed by atoms with Crippen molar-refractivity contribution in [3.63, 3.8) is 0 Å². The number of ether oxygens (including phenoxy) is 4. The average Bonchev–Trinajstić information content (AvgIpc) is 3.27. The molecule has 13 heteroatoms. The summed E-state index contributed by atoms with van der Waals surface area (Å²) in [7, 11) is -0.215. The molecule has 1 N–H and O–H groups in total. The number of imidazole rings is 1. The van der Waals surface area contributed by atoms with Gasteiger partial charge in [0.25, 0.3) is 0 Å². The largest absolute Gasteiger partial charge is 0.492 e. The molecule has 4 aromatic rings. The quantitative estimate of drug-likeness (QED) is 0.307. The molecule has 3 heterocycles. The number of H-pyrrole nitrogens is 1. The van der Waals surface area contributed by atoms with Gasteiger partial charge in [0, 0.05) is 17.7 Å². The van der Waals surface area contributed by atoms with Crippen LogP contribution in [0.1, 0.15) is 16.8 Å². The number of benzene rings is 2. The highest BCUT2D eigenvalue weighted by Gasteiger charge is 2.63. The molecule has 2 atom stereocenters. The maximum Gasteiger partial charge on any atom is 0.488 e. The molecule has 0 aliphatic carbocycles. The van der Waals surface area contributed by atoms with E-state index in [1.165, 1.54) is 19.4 Å². The Morgan fingerprint density at radius 1 is 1.14 bits per heavy atom. The highest BCUT2D eigenvalue weighted by Crippen LogP contribution is 2.49. The van der Waals surface area contributed by atoms with Gasteiger partial charge in [0.05, 0.1) is 46.6 Å². The summed E-state index contributed by atoms with van der Waals surface area (Å²) in [5, 5.41) is -3.83. The molecule has 0 saturated carbocycles. The molecule has 37 heavy (non-hydrogen) atoms. The predicted molar refractivity (Wildman–Crippen MR) is 128 cm³/mol. The molecule has 0 bridgehead atoms. The molecule has 1 aliphatic heterocycles. The van der Waals surface area contributed by atoms with Crippen LogP contribution in [0.2, 0.25) is 0 Å². The number of rotatable bonds is 7. The van der Waals surface area contributed by atoms with E-state index < -0.39 is 28.0 Å². The third-order valence-corrected chi connectivity index (χ3v) is 7.06. The van der Waals surface area contributed by atoms with Crippen LogP contribution < -0.4 is 18.9 Å². The van der Waals surface area contributed by atoms with Crippen molar-refractivity contribution in [3.8, 4) is 23.0 Å². The smallest absolute Gasteiger partial charge is 0.488 e. The van der Waals surface area contributed by atoms with Crippen LogP contribution in [0.15, 0.2) is 53.8 Å². The zero-order chi connectivity index (χ0) is 26.4. The van der Waals surface area contributed by atoms with Gasteiger partial charge in [-0.2, -0.15) is 13.2 Å². The SMILES string of the molecule is COc1c(OCc2ccccc2)cnc(CS(=O)c2nc3cc4c(cc3[nH]2)OC(F)(F)C(F)(Cl)O4)c1C. The van der Waals surface area contributed by atoms with E-state index in [-0.39, 0.29) is 27.7 Å². The summed E-state index contributed by atoms with van der Waals surface area (Å²) >= 11 is 5.12. The Balaban J connectivity index is 1.36. The minimum Gasteiger partial charge on any atom is -0.492 e. The molecule has 194 valence electrons. The number of fused-ring (bicyclic) bond motifs is 2. The zero-order valence-electron chi connectivity index (χ0n) is 19.4. The second-order valence-electron chi connectivity index (χ2n) is 8.09. The lowest BCUT2D eigenvalue weighted by Gasteiger charge is -2.33. The van der Waals surface area contributed by atoms with Gasteiger partial charge < -0.3 is 23.9 Å². The number of halogens is 4. The molecule has 2 unspecified atom stereocenters. The normalized spacial score (nSPS) is 19.0. The summed E-state index contributed by atoms with van der Waals surface area (Å²) in [6, 6.07) is 11.9. The first-order valence-corrected chi connectivity index (χ1v) is 12.5. The molecular formula is C24H19ClF3N3O5S. The molecule has 5 rings (SSSR count). The topological polar surface area (TPSA) is 95.6 Å². The highest BCUT2D eigenvalue weighted by molar-refractivity contribution is 7.84. The summed E-state index contributed by atoms with van der Waals surface area (Å²) in [6.07, 6.45) is -2.92. The Morgan fingerprint density at radius 2 is 1.86 bits per heavy atom. The van der Waals surface area contributed by atoms with Crippen LogP contribution in [-0.2, 0) is 23.2 Å². The van der Waals surface area contributed by atoms with Crippen molar-refractivity contribution >= 4 is 33.4 Å². The standard InChI is InChI=1S/C24H19ClF3N3O5S/c1-13-17(29-10-20(21(13)33-2)34-11-14-6-4-3-5-7-14)12-37(32)22-30-15-8-18-19(9-16(15)31-22)36-24(27,28)23(25,26)35-18/h3-10H,11-12H2,1-2H3,(H,30,31). The van der Waals surface area contributed by atoms with Gasteiger partial charge in [-0.15, -0.1) is 0 Å². The van der Waals surface area contributed by atoms with E-state index in [0.717, 1.165) is 11.6 Å². The van der Waals surface area contributed by atoms with Gasteiger partial charge in [-0.3, -0.25) is 9.19 Å². The summed E-state index contributed by atoms with van der Waals surface area (Å²) in [6.45, 7) is 2.09. The van der Waals surface area contributed by atoms with Crippen LogP contribution in [0.3, 0.4) is 0 Å². The monoisotopic (exact) mass is 553 g/mol. The molecule has 1 aliphatic rings. The third kappa shape index (κ3) is 4.78. The van der Waals surface area contributed by atoms with Crippen molar-refractivity contribution in [1.29, 1.82) is 0 Å². The Hall–Kier alpha value is -3.51. The number of hydrogen-bond acceptors (Lipinski definition) is 7. The van der Waals surface area contributed by atoms with Gasteiger partial charge in [-0.25, -0.2) is 4.98 Å². The van der Waals surface area contributed by atoms with E-state index in [4.69, 9.17) is 21.1 Å². The number of aromatic nitrogens is 3. The Kier molecular flexibility index (Phi) is 6.40. The highest BCUT2D eigenvalue weighted by atomic mass is 35.5. The second-order valence-corrected chi connectivity index (χ2v) is 9.94. The molecule has 0 amide bonds. The first-order chi connectivity index (χ1) is 17.6. The van der Waals surface area contributed by atoms with Crippen molar-refractivity contribution < 1.29 is 36.3 Å². The van der Waals surface area contributed by atoms with Crippen LogP contribution in [0.4, 0.5) is 13.2 Å². The molecule has 2 aromatic carbocycles. The number of alkyl halides is 4. The van der Waals surface area contributed by atoms with Crippen LogP contribution in [-0.4, -0.2) is 37.7 Å². The number of pyridine rings is 1. The maximum atomic E-state index is 13.9. The van der Waals surface area contributed by atoms with Gasteiger partial charge in [0.1, 0.15) is 6.61 Å². The first kappa shape index (κ1) is 25.2. The summed E-state index contributed by atoms with van der Waals surface area (Å²) in [5.74, 6) is 0.0592. The molecule has 0 spiro atoms. The van der Waals surface area contributed by atoms with Crippen LogP contribution >= 0.6 is 11.6 Å². The molecule has 8 nitrogen and oxygen atoms in total. The third-order valence-electron chi connectivity index (χ3n) is 5.60. The molecule has 2 aromatic heterocycles. The zero-order valence-corrected chi connectivity index (χ0v) is 21.0. The Labute approximate surface area is 216 Å². The van der Waals surface area contributed by atoms with E-state index >= 15 is 0 Å². The van der Waals surface area contributed by atoms with E-state index in [0.29, 0.717) is 29.4 Å². The van der Waals surface area contributed by atoms with Crippen molar-refractivity contribution in [2.45, 2.75) is 35.9 Å². The number of nitrogens with zero attached hydrogens (tertiary/aromatic N) is 2. The fourth-order valence-electron chi connectivity index (χ4n) is 3.69. The minimum absolute atomic E-state index is 0.0267. The van der Waals surface area contributed by atoms with Crippen molar-refractivity contribution in [3.05, 3.63) is 65.5 Å². The van der Waals surface area contributed by atoms with Crippen LogP contribution in [0, 0.1) is 6.92 Å². The predicted octanol–water partition coefficient (Wildman–Crippen LogP) is 5.39. The van der Waals surface area contributed by atoms with Gasteiger partial charge in [-0.05, 0) is 24.1 Å². The summed E-state index contributed by atoms with van der Waals surface area (Å²) in [5.41, 5.74) is 2.52. The van der Waals surface area contributed by atoms with Crippen LogP contribution in [0.5, 0.6) is 23.0 Å². The van der Waals surface area contributed by atoms with Gasteiger partial charge in [0.15, 0.2) is 28.2 Å². The van der Waals surface area contributed by atoms with Crippen molar-refractivity contribution in [2.24, 2.45) is 0 Å². The lowest BCUT2D eigenvalue weighted by atomic mass is 10.2. The maximum absolute atomic E-state index is 13.9. The number of hydrogen-bond donors (Lipinski definition) is 1. The molecule has 0 radical (unpaired) electrons. The fraction of sp³-hybridized carbons (Fsp3) is 0.250. The Morgan fingerprint density at radius 3 is 2.59 bits per heavy atom. The fourth-order valence-corrected chi connectivity index (χ4v) is 4.92. The van der Waals surface area contributed by atoms with E-state index in [1.54, 1.807) is 6.92 Å². The molecule has 0 fully saturated rings. The van der Waals surface area contributed by atoms with E-state index in [2.05, 4.69) is 24.4 Å². The number of nitrogens with one attached hydrogen (secondary N) is 1. The molecule has 0 saturated heterocycles. The van der Waals surface area contributed by atoms with Gasteiger partial charge >= 0.3 is 11.4 Å². The van der Waals surface area contributed by atoms with E-state index in [1.807, 2.05) is 30.3 Å². The number of aromatic amines is 1. The van der Waals surface area contributed by atoms with Crippen LogP contribution in [0.25, 0.3) is 11.0 Å². The lowest BCUT2D eigenvalue weighted by molar-refractivity contribution is -0.303. The van der Waals surface area contributed by atoms with Crippen molar-refractivity contribution in [1.82, 2.24) is 15.0 Å². The molecular weight excluding hydrogens is 535 g/mol. The van der Waals surface area contributed by atoms with Crippen molar-refractivity contribution in [2.75, 3.05) is 7.11 Å². The number of methoxy groups -OCH3 is 1. The summed E-state index contributed by atoms with van der Waals surface area (Å²) < 4.78 is 74.8. The Bertz CT molecular complexity index is 1450. The minimum atomic E-state index is -4.42.